The third-order valence-electron chi connectivity index (χ3n) is 4.17. The quantitative estimate of drug-likeness (QED) is 0.464. The number of pyridine rings is 1. The average Bonchev–Trinajstić information content (AvgIpc) is 3.15. The van der Waals surface area contributed by atoms with Crippen LogP contribution in [-0.2, 0) is 12.2 Å². The Bertz CT molecular complexity index is 1170. The Morgan fingerprint density at radius 3 is 2.75 bits per heavy atom. The molecule has 3 heterocycles. The Morgan fingerprint density at radius 2 is 1.96 bits per heavy atom. The van der Waals surface area contributed by atoms with E-state index in [4.69, 9.17) is 9.15 Å². The van der Waals surface area contributed by atoms with Crippen molar-refractivity contribution in [3.05, 3.63) is 81.7 Å². The number of nitrogens with zero attached hydrogens (tertiary/aromatic N) is 4. The molecular formula is C20H18N4O3S. The summed E-state index contributed by atoms with van der Waals surface area (Å²) in [6.45, 7) is 1.94. The smallest absolute Gasteiger partial charge is 0.276 e. The number of fused-ring (bicyclic) bond motifs is 1. The minimum Gasteiger partial charge on any atom is -0.497 e. The number of thioether (sulfide) groups is 1. The van der Waals surface area contributed by atoms with Crippen LogP contribution in [0.3, 0.4) is 0 Å². The molecule has 3 aromatic heterocycles. The molecule has 0 bridgehead atoms. The van der Waals surface area contributed by atoms with Crippen LogP contribution in [0.1, 0.15) is 22.7 Å². The van der Waals surface area contributed by atoms with Gasteiger partial charge in [-0.2, -0.15) is 0 Å². The number of benzene rings is 1. The van der Waals surface area contributed by atoms with E-state index in [0.717, 1.165) is 16.9 Å². The molecule has 4 rings (SSSR count). The number of methoxy groups -OCH3 is 1. The molecule has 0 saturated carbocycles. The summed E-state index contributed by atoms with van der Waals surface area (Å²) >= 11 is 1.36. The van der Waals surface area contributed by atoms with E-state index < -0.39 is 0 Å². The van der Waals surface area contributed by atoms with Crippen LogP contribution in [0.5, 0.6) is 5.75 Å². The van der Waals surface area contributed by atoms with Gasteiger partial charge < -0.3 is 9.15 Å². The van der Waals surface area contributed by atoms with Crippen molar-refractivity contribution in [2.45, 2.75) is 24.3 Å². The number of aromatic nitrogens is 4. The molecule has 8 heteroatoms. The third-order valence-corrected chi connectivity index (χ3v) is 5.02. The minimum absolute atomic E-state index is 0.102. The number of ether oxygens (including phenoxy) is 1. The summed E-state index contributed by atoms with van der Waals surface area (Å²) in [5.74, 6) is 1.82. The fourth-order valence-corrected chi connectivity index (χ4v) is 3.43. The van der Waals surface area contributed by atoms with Gasteiger partial charge in [-0.3, -0.25) is 9.20 Å². The predicted octanol–water partition coefficient (Wildman–Crippen LogP) is 3.28. The summed E-state index contributed by atoms with van der Waals surface area (Å²) in [7, 11) is 1.64. The monoisotopic (exact) mass is 394 g/mol. The van der Waals surface area contributed by atoms with Crippen LogP contribution in [-0.4, -0.2) is 26.7 Å². The molecule has 0 radical (unpaired) electrons. The fraction of sp³-hybridized carbons (Fsp3) is 0.200. The number of hydrogen-bond donors (Lipinski definition) is 0. The molecule has 0 fully saturated rings. The van der Waals surface area contributed by atoms with E-state index >= 15 is 0 Å². The van der Waals surface area contributed by atoms with E-state index in [1.807, 2.05) is 43.3 Å². The molecule has 142 valence electrons. The highest BCUT2D eigenvalue weighted by Crippen LogP contribution is 2.22. The molecular weight excluding hydrogens is 376 g/mol. The normalized spacial score (nSPS) is 11.1. The lowest BCUT2D eigenvalue weighted by atomic mass is 10.1. The molecule has 0 aliphatic heterocycles. The fourth-order valence-electron chi connectivity index (χ4n) is 2.75. The lowest BCUT2D eigenvalue weighted by Crippen LogP contribution is -2.15. The number of aryl methyl sites for hydroxylation is 1. The molecule has 0 N–H and O–H groups in total. The zero-order valence-electron chi connectivity index (χ0n) is 15.5. The zero-order chi connectivity index (χ0) is 19.5. The Kier molecular flexibility index (Phi) is 5.12. The van der Waals surface area contributed by atoms with Gasteiger partial charge in [0.05, 0.1) is 19.2 Å². The first kappa shape index (κ1) is 18.2. The first-order valence-corrected chi connectivity index (χ1v) is 9.66. The van der Waals surface area contributed by atoms with Crippen LogP contribution in [0.4, 0.5) is 0 Å². The van der Waals surface area contributed by atoms with Crippen LogP contribution in [0.2, 0.25) is 0 Å². The van der Waals surface area contributed by atoms with Crippen molar-refractivity contribution in [3.8, 4) is 5.75 Å². The molecule has 0 unspecified atom stereocenters. The van der Waals surface area contributed by atoms with Crippen molar-refractivity contribution < 1.29 is 9.15 Å². The highest BCUT2D eigenvalue weighted by atomic mass is 32.2. The Balaban J connectivity index is 1.43. The molecule has 0 spiro atoms. The summed E-state index contributed by atoms with van der Waals surface area (Å²) in [5, 5.41) is 8.61. The van der Waals surface area contributed by atoms with Gasteiger partial charge in [0.2, 0.25) is 5.89 Å². The largest absolute Gasteiger partial charge is 0.497 e. The molecule has 0 aliphatic rings. The average molecular weight is 394 g/mol. The van der Waals surface area contributed by atoms with Crippen LogP contribution in [0, 0.1) is 6.92 Å². The highest BCUT2D eigenvalue weighted by molar-refractivity contribution is 7.98. The van der Waals surface area contributed by atoms with Gasteiger partial charge in [-0.25, -0.2) is 4.98 Å². The van der Waals surface area contributed by atoms with E-state index in [2.05, 4.69) is 15.2 Å². The third kappa shape index (κ3) is 4.07. The maximum absolute atomic E-state index is 12.3. The predicted molar refractivity (Wildman–Crippen MR) is 106 cm³/mol. The molecule has 0 saturated heterocycles. The van der Waals surface area contributed by atoms with Gasteiger partial charge >= 0.3 is 0 Å². The van der Waals surface area contributed by atoms with E-state index in [9.17, 15) is 4.79 Å². The van der Waals surface area contributed by atoms with Crippen molar-refractivity contribution in [1.82, 2.24) is 19.6 Å². The Labute approximate surface area is 165 Å². The first-order valence-electron chi connectivity index (χ1n) is 8.68. The van der Waals surface area contributed by atoms with Crippen molar-refractivity contribution >= 4 is 17.4 Å². The van der Waals surface area contributed by atoms with Crippen molar-refractivity contribution in [1.29, 1.82) is 0 Å². The second-order valence-electron chi connectivity index (χ2n) is 6.30. The standard InChI is InChI=1S/C20H18N4O3S/c1-13-3-8-17-21-15(10-19(25)24(17)11-13)12-28-20-23-22-18(27-20)9-14-4-6-16(26-2)7-5-14/h3-8,10-11H,9,12H2,1-2H3. The van der Waals surface area contributed by atoms with Crippen LogP contribution >= 0.6 is 11.8 Å². The molecule has 4 aromatic rings. The molecule has 0 atom stereocenters. The second-order valence-corrected chi connectivity index (χ2v) is 7.22. The van der Waals surface area contributed by atoms with Gasteiger partial charge in [0, 0.05) is 18.0 Å². The van der Waals surface area contributed by atoms with Gasteiger partial charge in [-0.15, -0.1) is 10.2 Å². The second kappa shape index (κ2) is 7.85. The maximum Gasteiger partial charge on any atom is 0.276 e. The molecule has 7 nitrogen and oxygen atoms in total. The maximum atomic E-state index is 12.3. The van der Waals surface area contributed by atoms with Gasteiger partial charge in [0.1, 0.15) is 11.4 Å². The van der Waals surface area contributed by atoms with Gasteiger partial charge in [0.25, 0.3) is 10.8 Å². The lowest BCUT2D eigenvalue weighted by molar-refractivity contribution is 0.413. The van der Waals surface area contributed by atoms with Crippen molar-refractivity contribution in [3.63, 3.8) is 0 Å². The van der Waals surface area contributed by atoms with Crippen LogP contribution in [0.25, 0.3) is 5.65 Å². The Hall–Kier alpha value is -3.13. The zero-order valence-corrected chi connectivity index (χ0v) is 16.3. The van der Waals surface area contributed by atoms with E-state index in [-0.39, 0.29) is 5.56 Å². The topological polar surface area (TPSA) is 82.5 Å². The van der Waals surface area contributed by atoms with Gasteiger partial charge in [-0.1, -0.05) is 30.0 Å². The lowest BCUT2D eigenvalue weighted by Gasteiger charge is -2.03. The van der Waals surface area contributed by atoms with E-state index in [1.54, 1.807) is 17.7 Å². The molecule has 28 heavy (non-hydrogen) atoms. The minimum atomic E-state index is -0.102. The van der Waals surface area contributed by atoms with Crippen molar-refractivity contribution in [2.24, 2.45) is 0 Å². The number of rotatable bonds is 6. The molecule has 0 amide bonds. The SMILES string of the molecule is COc1ccc(Cc2nnc(SCc3cc(=O)n4cc(C)ccc4n3)o2)cc1. The summed E-state index contributed by atoms with van der Waals surface area (Å²) in [6.07, 6.45) is 2.33. The first-order chi connectivity index (χ1) is 13.6. The van der Waals surface area contributed by atoms with Crippen LogP contribution in [0.15, 0.2) is 63.1 Å². The van der Waals surface area contributed by atoms with E-state index in [0.29, 0.717) is 34.6 Å². The van der Waals surface area contributed by atoms with Crippen molar-refractivity contribution in [2.75, 3.05) is 7.11 Å². The van der Waals surface area contributed by atoms with Gasteiger partial charge in [-0.05, 0) is 36.2 Å². The summed E-state index contributed by atoms with van der Waals surface area (Å²) in [6, 6.07) is 13.0. The molecule has 1 aromatic carbocycles. The highest BCUT2D eigenvalue weighted by Gasteiger charge is 2.10. The molecule has 0 aliphatic carbocycles. The van der Waals surface area contributed by atoms with E-state index in [1.165, 1.54) is 17.8 Å². The van der Waals surface area contributed by atoms with Gasteiger partial charge in [0.15, 0.2) is 0 Å². The summed E-state index contributed by atoms with van der Waals surface area (Å²) in [5.41, 5.74) is 3.26. The van der Waals surface area contributed by atoms with Crippen LogP contribution < -0.4 is 10.3 Å². The summed E-state index contributed by atoms with van der Waals surface area (Å²) in [4.78, 5) is 16.8. The Morgan fingerprint density at radius 1 is 1.14 bits per heavy atom. The number of hydrogen-bond acceptors (Lipinski definition) is 7. The summed E-state index contributed by atoms with van der Waals surface area (Å²) < 4.78 is 12.4.